The first-order valence-corrected chi connectivity index (χ1v) is 8.73. The van der Waals surface area contributed by atoms with Crippen LogP contribution in [0, 0.1) is 11.8 Å². The van der Waals surface area contributed by atoms with Crippen molar-refractivity contribution in [3.63, 3.8) is 0 Å². The number of carboxylic acids is 1. The maximum Gasteiger partial charge on any atom is 0.306 e. The normalized spacial score (nSPS) is 20.0. The van der Waals surface area contributed by atoms with Crippen molar-refractivity contribution in [3.8, 4) is 10.8 Å². The van der Waals surface area contributed by atoms with E-state index in [1.165, 1.54) is 11.3 Å². The van der Waals surface area contributed by atoms with E-state index in [9.17, 15) is 9.59 Å². The summed E-state index contributed by atoms with van der Waals surface area (Å²) in [4.78, 5) is 35.8. The van der Waals surface area contributed by atoms with Crippen molar-refractivity contribution < 1.29 is 14.7 Å². The molecule has 2 atom stereocenters. The van der Waals surface area contributed by atoms with Crippen molar-refractivity contribution in [1.29, 1.82) is 0 Å². The summed E-state index contributed by atoms with van der Waals surface area (Å²) in [6.07, 6.45) is 5.65. The van der Waals surface area contributed by atoms with Gasteiger partial charge < -0.3 is 10.4 Å². The van der Waals surface area contributed by atoms with E-state index in [1.54, 1.807) is 18.5 Å². The standard InChI is InChI=1S/C16H18N4O3S/c21-14(10-2-3-11(8-10)16(22)23)19-7-4-12-9-24-15(20-12)13-17-5-1-6-18-13/h1,5-6,9-11H,2-4,7-8H2,(H,19,21)(H,22,23)/t10-,11+/m0/s1. The van der Waals surface area contributed by atoms with Crippen LogP contribution in [0.1, 0.15) is 25.0 Å². The van der Waals surface area contributed by atoms with E-state index in [0.717, 1.165) is 10.7 Å². The molecule has 1 fully saturated rings. The predicted molar refractivity (Wildman–Crippen MR) is 88.3 cm³/mol. The molecule has 8 heteroatoms. The third kappa shape index (κ3) is 3.94. The lowest BCUT2D eigenvalue weighted by Crippen LogP contribution is -2.31. The van der Waals surface area contributed by atoms with Gasteiger partial charge in [-0.3, -0.25) is 9.59 Å². The molecule has 1 saturated carbocycles. The minimum absolute atomic E-state index is 0.0550. The molecule has 0 spiro atoms. The SMILES string of the molecule is O=C(O)[C@@H]1CC[C@H](C(=O)NCCc2csc(-c3ncccn3)n2)C1. The Morgan fingerprint density at radius 2 is 2.00 bits per heavy atom. The van der Waals surface area contributed by atoms with Gasteiger partial charge in [0.1, 0.15) is 0 Å². The summed E-state index contributed by atoms with van der Waals surface area (Å²) in [6, 6.07) is 1.76. The van der Waals surface area contributed by atoms with Crippen molar-refractivity contribution >= 4 is 23.2 Å². The van der Waals surface area contributed by atoms with E-state index in [0.29, 0.717) is 38.1 Å². The lowest BCUT2D eigenvalue weighted by Gasteiger charge is -2.10. The van der Waals surface area contributed by atoms with Crippen LogP contribution in [0.3, 0.4) is 0 Å². The Bertz CT molecular complexity index is 719. The molecule has 24 heavy (non-hydrogen) atoms. The van der Waals surface area contributed by atoms with Gasteiger partial charge in [-0.15, -0.1) is 11.3 Å². The first-order chi connectivity index (χ1) is 11.6. The molecule has 0 bridgehead atoms. The molecule has 0 saturated heterocycles. The Hall–Kier alpha value is -2.35. The van der Waals surface area contributed by atoms with Gasteiger partial charge in [0.2, 0.25) is 5.91 Å². The third-order valence-electron chi connectivity index (χ3n) is 4.14. The number of nitrogens with zero attached hydrogens (tertiary/aromatic N) is 3. The Balaban J connectivity index is 1.46. The van der Waals surface area contributed by atoms with Crippen LogP contribution in [-0.4, -0.2) is 38.5 Å². The molecular formula is C16H18N4O3S. The Morgan fingerprint density at radius 1 is 1.25 bits per heavy atom. The van der Waals surface area contributed by atoms with E-state index in [1.807, 2.05) is 5.38 Å². The summed E-state index contributed by atoms with van der Waals surface area (Å²) in [5, 5.41) is 14.6. The van der Waals surface area contributed by atoms with Gasteiger partial charge in [-0.25, -0.2) is 15.0 Å². The molecule has 2 aromatic heterocycles. The fourth-order valence-electron chi connectivity index (χ4n) is 2.84. The van der Waals surface area contributed by atoms with Crippen LogP contribution in [0.15, 0.2) is 23.8 Å². The quantitative estimate of drug-likeness (QED) is 0.826. The molecule has 126 valence electrons. The molecule has 1 amide bonds. The van der Waals surface area contributed by atoms with Crippen LogP contribution in [0.5, 0.6) is 0 Å². The molecule has 0 aromatic carbocycles. The molecule has 3 rings (SSSR count). The molecule has 1 aliphatic rings. The molecule has 0 unspecified atom stereocenters. The zero-order valence-corrected chi connectivity index (χ0v) is 13.8. The van der Waals surface area contributed by atoms with Crippen molar-refractivity contribution in [2.75, 3.05) is 6.54 Å². The second-order valence-electron chi connectivity index (χ2n) is 5.80. The highest BCUT2D eigenvalue weighted by Crippen LogP contribution is 2.31. The first-order valence-electron chi connectivity index (χ1n) is 7.86. The average Bonchev–Trinajstić information content (AvgIpc) is 3.25. The van der Waals surface area contributed by atoms with Crippen molar-refractivity contribution in [2.24, 2.45) is 11.8 Å². The van der Waals surface area contributed by atoms with Gasteiger partial charge in [-0.1, -0.05) is 0 Å². The number of hydrogen-bond acceptors (Lipinski definition) is 6. The summed E-state index contributed by atoms with van der Waals surface area (Å²) < 4.78 is 0. The summed E-state index contributed by atoms with van der Waals surface area (Å²) in [6.45, 7) is 0.492. The number of carboxylic acid groups (broad SMARTS) is 1. The highest BCUT2D eigenvalue weighted by atomic mass is 32.1. The number of carbonyl (C=O) groups is 2. The second kappa shape index (κ2) is 7.48. The minimum atomic E-state index is -0.802. The molecule has 1 aliphatic carbocycles. The summed E-state index contributed by atoms with van der Waals surface area (Å²) in [7, 11) is 0. The Kier molecular flexibility index (Phi) is 5.14. The van der Waals surface area contributed by atoms with E-state index in [2.05, 4.69) is 20.3 Å². The molecule has 2 aromatic rings. The van der Waals surface area contributed by atoms with Crippen LogP contribution < -0.4 is 5.32 Å². The molecule has 2 N–H and O–H groups in total. The van der Waals surface area contributed by atoms with Gasteiger partial charge in [0.05, 0.1) is 11.6 Å². The van der Waals surface area contributed by atoms with Gasteiger partial charge in [-0.05, 0) is 25.3 Å². The van der Waals surface area contributed by atoms with Gasteiger partial charge in [0.15, 0.2) is 10.8 Å². The van der Waals surface area contributed by atoms with Crippen LogP contribution >= 0.6 is 11.3 Å². The fraction of sp³-hybridized carbons (Fsp3) is 0.438. The van der Waals surface area contributed by atoms with E-state index >= 15 is 0 Å². The van der Waals surface area contributed by atoms with Gasteiger partial charge in [0.25, 0.3) is 0 Å². The summed E-state index contributed by atoms with van der Waals surface area (Å²) in [5.41, 5.74) is 0.887. The van der Waals surface area contributed by atoms with E-state index < -0.39 is 5.97 Å². The Labute approximate surface area is 143 Å². The highest BCUT2D eigenvalue weighted by molar-refractivity contribution is 7.13. The van der Waals surface area contributed by atoms with Crippen molar-refractivity contribution in [2.45, 2.75) is 25.7 Å². The number of carbonyl (C=O) groups excluding carboxylic acids is 1. The average molecular weight is 346 g/mol. The number of nitrogens with one attached hydrogen (secondary N) is 1. The molecule has 7 nitrogen and oxygen atoms in total. The van der Waals surface area contributed by atoms with Crippen molar-refractivity contribution in [1.82, 2.24) is 20.3 Å². The number of rotatable bonds is 6. The predicted octanol–water partition coefficient (Wildman–Crippen LogP) is 1.76. The number of aliphatic carboxylic acids is 1. The van der Waals surface area contributed by atoms with Crippen LogP contribution in [-0.2, 0) is 16.0 Å². The zero-order chi connectivity index (χ0) is 16.9. The topological polar surface area (TPSA) is 105 Å². The minimum Gasteiger partial charge on any atom is -0.481 e. The van der Waals surface area contributed by atoms with Crippen LogP contribution in [0.25, 0.3) is 10.8 Å². The third-order valence-corrected chi connectivity index (χ3v) is 5.03. The lowest BCUT2D eigenvalue weighted by atomic mass is 10.0. The summed E-state index contributed by atoms with van der Waals surface area (Å²) >= 11 is 1.48. The fourth-order valence-corrected chi connectivity index (χ4v) is 3.64. The first kappa shape index (κ1) is 16.5. The zero-order valence-electron chi connectivity index (χ0n) is 13.0. The van der Waals surface area contributed by atoms with E-state index in [4.69, 9.17) is 5.11 Å². The molecule has 0 aliphatic heterocycles. The summed E-state index contributed by atoms with van der Waals surface area (Å²) in [5.74, 6) is -0.824. The molecule has 0 radical (unpaired) electrons. The van der Waals surface area contributed by atoms with E-state index in [-0.39, 0.29) is 17.7 Å². The maximum absolute atomic E-state index is 12.1. The number of aromatic nitrogens is 3. The Morgan fingerprint density at radius 3 is 2.71 bits per heavy atom. The van der Waals surface area contributed by atoms with Crippen LogP contribution in [0.4, 0.5) is 0 Å². The monoisotopic (exact) mass is 346 g/mol. The molecule has 2 heterocycles. The second-order valence-corrected chi connectivity index (χ2v) is 6.66. The smallest absolute Gasteiger partial charge is 0.306 e. The van der Waals surface area contributed by atoms with Gasteiger partial charge in [0, 0.05) is 36.7 Å². The number of thiazole rings is 1. The molecular weight excluding hydrogens is 328 g/mol. The van der Waals surface area contributed by atoms with Crippen LogP contribution in [0.2, 0.25) is 0 Å². The lowest BCUT2D eigenvalue weighted by molar-refractivity contribution is -0.141. The number of hydrogen-bond donors (Lipinski definition) is 2. The van der Waals surface area contributed by atoms with Gasteiger partial charge >= 0.3 is 5.97 Å². The van der Waals surface area contributed by atoms with Gasteiger partial charge in [-0.2, -0.15) is 0 Å². The maximum atomic E-state index is 12.1. The van der Waals surface area contributed by atoms with Crippen molar-refractivity contribution in [3.05, 3.63) is 29.5 Å². The largest absolute Gasteiger partial charge is 0.481 e. The highest BCUT2D eigenvalue weighted by Gasteiger charge is 2.33. The number of amides is 1.